The van der Waals surface area contributed by atoms with Crippen LogP contribution in [0.2, 0.25) is 0 Å². The van der Waals surface area contributed by atoms with Crippen LogP contribution in [0.25, 0.3) is 0 Å². The third-order valence-corrected chi connectivity index (χ3v) is 2.39. The maximum atomic E-state index is 9.48. The predicted octanol–water partition coefficient (Wildman–Crippen LogP) is 0.0199. The highest BCUT2D eigenvalue weighted by Crippen LogP contribution is 2.17. The van der Waals surface area contributed by atoms with E-state index >= 15 is 0 Å². The molecule has 2 rings (SSSR count). The average Bonchev–Trinajstić information content (AvgIpc) is 2.19. The molecule has 14 heavy (non-hydrogen) atoms. The second-order valence-corrected chi connectivity index (χ2v) is 3.56. The van der Waals surface area contributed by atoms with E-state index in [0.717, 1.165) is 25.2 Å². The summed E-state index contributed by atoms with van der Waals surface area (Å²) in [4.78, 5) is 2.03. The molecule has 1 aliphatic rings. The number of hydrogen-bond donors (Lipinski definition) is 2. The molecular weight excluding hydrogens is 180 g/mol. The van der Waals surface area contributed by atoms with Gasteiger partial charge < -0.3 is 15.7 Å². The van der Waals surface area contributed by atoms with Crippen LogP contribution in [0.4, 0.5) is 11.6 Å². The van der Waals surface area contributed by atoms with E-state index < -0.39 is 0 Å². The monoisotopic (exact) mass is 194 g/mol. The molecule has 3 N–H and O–H groups in total. The molecule has 1 aliphatic heterocycles. The minimum atomic E-state index is -0.247. The number of β-amino-alcohol motifs (C(OH)–C–C–N with tert-alkyl or cyclic N) is 1. The number of piperidine rings is 1. The minimum absolute atomic E-state index is 0.247. The Kier molecular flexibility index (Phi) is 2.49. The largest absolute Gasteiger partial charge is 0.391 e. The van der Waals surface area contributed by atoms with Crippen LogP contribution >= 0.6 is 0 Å². The molecule has 0 saturated carbocycles. The molecule has 0 amide bonds. The standard InChI is InChI=1S/C9H14N4O/c10-8-3-4-9(12-11-8)13-5-1-2-7(14)6-13/h3-4,7,14H,1-2,5-6H2,(H2,10,11)/t7-/m1/s1. The summed E-state index contributed by atoms with van der Waals surface area (Å²) in [6, 6.07) is 3.56. The van der Waals surface area contributed by atoms with Gasteiger partial charge in [-0.05, 0) is 25.0 Å². The highest BCUT2D eigenvalue weighted by atomic mass is 16.3. The van der Waals surface area contributed by atoms with Gasteiger partial charge >= 0.3 is 0 Å². The average molecular weight is 194 g/mol. The molecule has 5 heteroatoms. The Morgan fingerprint density at radius 1 is 1.43 bits per heavy atom. The lowest BCUT2D eigenvalue weighted by Crippen LogP contribution is -2.38. The summed E-state index contributed by atoms with van der Waals surface area (Å²) in [6.45, 7) is 1.56. The Bertz CT molecular complexity index is 300. The topological polar surface area (TPSA) is 75.3 Å². The first-order valence-corrected chi connectivity index (χ1v) is 4.78. The van der Waals surface area contributed by atoms with Crippen molar-refractivity contribution in [1.82, 2.24) is 10.2 Å². The maximum absolute atomic E-state index is 9.48. The van der Waals surface area contributed by atoms with E-state index in [-0.39, 0.29) is 6.10 Å². The molecule has 0 bridgehead atoms. The van der Waals surface area contributed by atoms with Gasteiger partial charge in [0.1, 0.15) is 5.82 Å². The molecule has 2 heterocycles. The first-order chi connectivity index (χ1) is 6.75. The Balaban J connectivity index is 2.10. The molecule has 76 valence electrons. The first-order valence-electron chi connectivity index (χ1n) is 4.78. The van der Waals surface area contributed by atoms with Crippen LogP contribution in [0.5, 0.6) is 0 Å². The molecule has 0 radical (unpaired) electrons. The SMILES string of the molecule is Nc1ccc(N2CCC[C@@H](O)C2)nn1. The third kappa shape index (κ3) is 1.93. The number of aromatic nitrogens is 2. The van der Waals surface area contributed by atoms with Crippen LogP contribution < -0.4 is 10.6 Å². The van der Waals surface area contributed by atoms with Crippen LogP contribution in [0.1, 0.15) is 12.8 Å². The zero-order valence-corrected chi connectivity index (χ0v) is 7.93. The van der Waals surface area contributed by atoms with Crippen molar-refractivity contribution in [3.05, 3.63) is 12.1 Å². The lowest BCUT2D eigenvalue weighted by atomic mass is 10.1. The van der Waals surface area contributed by atoms with Crippen molar-refractivity contribution in [2.24, 2.45) is 0 Å². The Hall–Kier alpha value is -1.36. The number of rotatable bonds is 1. The second kappa shape index (κ2) is 3.79. The molecule has 0 aliphatic carbocycles. The van der Waals surface area contributed by atoms with Crippen LogP contribution in [0.3, 0.4) is 0 Å². The number of aliphatic hydroxyl groups excluding tert-OH is 1. The van der Waals surface area contributed by atoms with Crippen molar-refractivity contribution < 1.29 is 5.11 Å². The maximum Gasteiger partial charge on any atom is 0.151 e. The Morgan fingerprint density at radius 2 is 2.29 bits per heavy atom. The quantitative estimate of drug-likeness (QED) is 0.659. The molecule has 0 unspecified atom stereocenters. The van der Waals surface area contributed by atoms with Crippen molar-refractivity contribution in [2.45, 2.75) is 18.9 Å². The number of nitrogens with two attached hydrogens (primary N) is 1. The van der Waals surface area contributed by atoms with Crippen LogP contribution in [-0.2, 0) is 0 Å². The van der Waals surface area contributed by atoms with Gasteiger partial charge in [0.15, 0.2) is 5.82 Å². The zero-order chi connectivity index (χ0) is 9.97. The summed E-state index contributed by atoms with van der Waals surface area (Å²) in [5, 5.41) is 17.2. The molecular formula is C9H14N4O. The molecule has 0 spiro atoms. The fourth-order valence-corrected chi connectivity index (χ4v) is 1.67. The normalized spacial score (nSPS) is 22.4. The van der Waals surface area contributed by atoms with Crippen LogP contribution in [-0.4, -0.2) is 34.5 Å². The summed E-state index contributed by atoms with van der Waals surface area (Å²) >= 11 is 0. The van der Waals surface area contributed by atoms with Crippen molar-refractivity contribution in [3.63, 3.8) is 0 Å². The van der Waals surface area contributed by atoms with Gasteiger partial charge in [0.2, 0.25) is 0 Å². The molecule has 1 saturated heterocycles. The molecule has 1 fully saturated rings. The Morgan fingerprint density at radius 3 is 2.93 bits per heavy atom. The van der Waals surface area contributed by atoms with Crippen molar-refractivity contribution >= 4 is 11.6 Å². The summed E-state index contributed by atoms with van der Waals surface area (Å²) in [5.41, 5.74) is 5.44. The number of nitrogens with zero attached hydrogens (tertiary/aromatic N) is 3. The van der Waals surface area contributed by atoms with E-state index in [2.05, 4.69) is 10.2 Å². The molecule has 1 atom stereocenters. The predicted molar refractivity (Wildman–Crippen MR) is 53.9 cm³/mol. The number of hydrogen-bond acceptors (Lipinski definition) is 5. The van der Waals surface area contributed by atoms with Gasteiger partial charge in [-0.2, -0.15) is 0 Å². The van der Waals surface area contributed by atoms with Gasteiger partial charge in [-0.25, -0.2) is 0 Å². The highest BCUT2D eigenvalue weighted by Gasteiger charge is 2.18. The van der Waals surface area contributed by atoms with Gasteiger partial charge in [-0.1, -0.05) is 0 Å². The molecule has 1 aromatic heterocycles. The van der Waals surface area contributed by atoms with E-state index in [1.807, 2.05) is 11.0 Å². The van der Waals surface area contributed by atoms with E-state index in [9.17, 15) is 5.11 Å². The van der Waals surface area contributed by atoms with E-state index in [0.29, 0.717) is 12.4 Å². The number of aliphatic hydroxyl groups is 1. The molecule has 1 aromatic rings. The fourth-order valence-electron chi connectivity index (χ4n) is 1.67. The second-order valence-electron chi connectivity index (χ2n) is 3.56. The molecule has 5 nitrogen and oxygen atoms in total. The minimum Gasteiger partial charge on any atom is -0.391 e. The van der Waals surface area contributed by atoms with Gasteiger partial charge in [-0.15, -0.1) is 10.2 Å². The van der Waals surface area contributed by atoms with Gasteiger partial charge in [0.25, 0.3) is 0 Å². The van der Waals surface area contributed by atoms with E-state index in [1.165, 1.54) is 0 Å². The zero-order valence-electron chi connectivity index (χ0n) is 7.93. The summed E-state index contributed by atoms with van der Waals surface area (Å²) < 4.78 is 0. The summed E-state index contributed by atoms with van der Waals surface area (Å²) in [6.07, 6.45) is 1.62. The van der Waals surface area contributed by atoms with Gasteiger partial charge in [0.05, 0.1) is 6.10 Å². The number of anilines is 2. The smallest absolute Gasteiger partial charge is 0.151 e. The van der Waals surface area contributed by atoms with Crippen LogP contribution in [0, 0.1) is 0 Å². The summed E-state index contributed by atoms with van der Waals surface area (Å²) in [5.74, 6) is 1.21. The lowest BCUT2D eigenvalue weighted by molar-refractivity contribution is 0.154. The first kappa shape index (κ1) is 9.21. The molecule has 0 aromatic carbocycles. The fraction of sp³-hybridized carbons (Fsp3) is 0.556. The summed E-state index contributed by atoms with van der Waals surface area (Å²) in [7, 11) is 0. The van der Waals surface area contributed by atoms with Gasteiger partial charge in [-0.3, -0.25) is 0 Å². The third-order valence-electron chi connectivity index (χ3n) is 2.39. The lowest BCUT2D eigenvalue weighted by Gasteiger charge is -2.30. The van der Waals surface area contributed by atoms with Crippen molar-refractivity contribution in [2.75, 3.05) is 23.7 Å². The van der Waals surface area contributed by atoms with Crippen LogP contribution in [0.15, 0.2) is 12.1 Å². The number of nitrogen functional groups attached to an aromatic ring is 1. The van der Waals surface area contributed by atoms with E-state index in [1.54, 1.807) is 6.07 Å². The van der Waals surface area contributed by atoms with Gasteiger partial charge in [0, 0.05) is 13.1 Å². The van der Waals surface area contributed by atoms with E-state index in [4.69, 9.17) is 5.73 Å². The van der Waals surface area contributed by atoms with Crippen molar-refractivity contribution in [3.8, 4) is 0 Å². The Labute approximate surface area is 82.6 Å². The highest BCUT2D eigenvalue weighted by molar-refractivity contribution is 5.41. The van der Waals surface area contributed by atoms with Crippen molar-refractivity contribution in [1.29, 1.82) is 0 Å².